The van der Waals surface area contributed by atoms with E-state index in [1.165, 1.54) is 0 Å². The summed E-state index contributed by atoms with van der Waals surface area (Å²) in [7, 11) is 1.82. The molecule has 1 N–H and O–H groups in total. The number of hydrogen-bond donors (Lipinski definition) is 1. The summed E-state index contributed by atoms with van der Waals surface area (Å²) < 4.78 is 5.30. The third kappa shape index (κ3) is 3.19. The Bertz CT molecular complexity index is 533. The van der Waals surface area contributed by atoms with Gasteiger partial charge in [-0.1, -0.05) is 30.3 Å². The maximum Gasteiger partial charge on any atom is 0.141 e. The van der Waals surface area contributed by atoms with E-state index in [-0.39, 0.29) is 0 Å². The lowest BCUT2D eigenvalue weighted by Crippen LogP contribution is -2.41. The lowest BCUT2D eigenvalue weighted by Gasteiger charge is -2.26. The van der Waals surface area contributed by atoms with E-state index in [1.54, 1.807) is 18.0 Å². The summed E-state index contributed by atoms with van der Waals surface area (Å²) in [5.41, 5.74) is 0.338. The van der Waals surface area contributed by atoms with Crippen molar-refractivity contribution >= 4 is 11.8 Å². The molecule has 0 bridgehead atoms. The van der Waals surface area contributed by atoms with Crippen molar-refractivity contribution in [2.24, 2.45) is 0 Å². The van der Waals surface area contributed by atoms with Crippen LogP contribution in [0, 0.1) is 11.3 Å². The summed E-state index contributed by atoms with van der Waals surface area (Å²) in [6.45, 7) is 0. The zero-order valence-corrected chi connectivity index (χ0v) is 11.6. The fraction of sp³-hybridized carbons (Fsp3) is 0.267. The first-order chi connectivity index (χ1) is 9.30. The molecule has 4 heteroatoms. The molecular weight excluding hydrogens is 256 g/mol. The number of furan rings is 1. The molecule has 2 rings (SSSR count). The highest BCUT2D eigenvalue weighted by Gasteiger charge is 2.30. The van der Waals surface area contributed by atoms with Crippen molar-refractivity contribution < 1.29 is 4.42 Å². The summed E-state index contributed by atoms with van der Waals surface area (Å²) in [4.78, 5) is 0. The molecule has 0 amide bonds. The lowest BCUT2D eigenvalue weighted by molar-refractivity contribution is 0.521. The van der Waals surface area contributed by atoms with Crippen molar-refractivity contribution in [3.63, 3.8) is 0 Å². The smallest absolute Gasteiger partial charge is 0.141 e. The molecule has 98 valence electrons. The van der Waals surface area contributed by atoms with Crippen LogP contribution >= 0.6 is 11.8 Å². The fourth-order valence-corrected chi connectivity index (χ4v) is 3.02. The van der Waals surface area contributed by atoms with Crippen molar-refractivity contribution in [3.8, 4) is 6.07 Å². The van der Waals surface area contributed by atoms with E-state index in [9.17, 15) is 5.26 Å². The van der Waals surface area contributed by atoms with Gasteiger partial charge in [0.05, 0.1) is 18.1 Å². The van der Waals surface area contributed by atoms with Gasteiger partial charge in [-0.2, -0.15) is 17.0 Å². The van der Waals surface area contributed by atoms with Crippen molar-refractivity contribution in [1.29, 1.82) is 5.26 Å². The average Bonchev–Trinajstić information content (AvgIpc) is 2.98. The first-order valence-corrected chi connectivity index (χ1v) is 7.22. The van der Waals surface area contributed by atoms with Gasteiger partial charge in [0, 0.05) is 5.75 Å². The summed E-state index contributed by atoms with van der Waals surface area (Å²) in [5, 5.41) is 12.7. The first kappa shape index (κ1) is 13.7. The zero-order valence-electron chi connectivity index (χ0n) is 10.8. The van der Waals surface area contributed by atoms with Crippen LogP contribution in [0.1, 0.15) is 11.3 Å². The normalized spacial score (nSPS) is 13.7. The van der Waals surface area contributed by atoms with Crippen LogP contribution in [0.5, 0.6) is 0 Å². The third-order valence-electron chi connectivity index (χ3n) is 3.03. The van der Waals surface area contributed by atoms with Gasteiger partial charge in [0.2, 0.25) is 0 Å². The Labute approximate surface area is 117 Å². The van der Waals surface area contributed by atoms with Gasteiger partial charge >= 0.3 is 0 Å². The van der Waals surface area contributed by atoms with Crippen molar-refractivity contribution in [1.82, 2.24) is 5.32 Å². The molecule has 19 heavy (non-hydrogen) atoms. The summed E-state index contributed by atoms with van der Waals surface area (Å²) >= 11 is 1.68. The Kier molecular flexibility index (Phi) is 4.67. The van der Waals surface area contributed by atoms with Crippen molar-refractivity contribution in [3.05, 3.63) is 60.1 Å². The molecule has 0 radical (unpaired) electrons. The molecule has 2 aromatic rings. The molecule has 3 nitrogen and oxygen atoms in total. The van der Waals surface area contributed by atoms with E-state index in [0.717, 1.165) is 17.1 Å². The second-order valence-corrected chi connectivity index (χ2v) is 5.19. The average molecular weight is 272 g/mol. The molecule has 1 aromatic heterocycles. The fourth-order valence-electron chi connectivity index (χ4n) is 1.87. The second-order valence-electron chi connectivity index (χ2n) is 4.21. The second kappa shape index (κ2) is 6.46. The van der Waals surface area contributed by atoms with E-state index in [2.05, 4.69) is 11.4 Å². The number of nitriles is 1. The van der Waals surface area contributed by atoms with Gasteiger partial charge in [-0.15, -0.1) is 0 Å². The summed E-state index contributed by atoms with van der Waals surface area (Å²) in [6, 6.07) is 16.0. The first-order valence-electron chi connectivity index (χ1n) is 6.06. The molecule has 0 saturated carbocycles. The highest BCUT2D eigenvalue weighted by Crippen LogP contribution is 2.26. The van der Waals surface area contributed by atoms with Gasteiger partial charge < -0.3 is 4.42 Å². The van der Waals surface area contributed by atoms with Gasteiger partial charge in [0.1, 0.15) is 11.3 Å². The molecule has 0 aliphatic heterocycles. The van der Waals surface area contributed by atoms with Gasteiger partial charge in [-0.25, -0.2) is 0 Å². The largest absolute Gasteiger partial charge is 0.468 e. The standard InChI is InChI=1S/C15H16N2OS/c1-17-15(11-16,13-6-3-2-4-7-13)12-19-10-14-8-5-9-18-14/h2-9,17H,10,12H2,1H3. The Morgan fingerprint density at radius 1 is 1.26 bits per heavy atom. The van der Waals surface area contributed by atoms with Crippen LogP contribution in [0.25, 0.3) is 0 Å². The minimum absolute atomic E-state index is 0.654. The summed E-state index contributed by atoms with van der Waals surface area (Å²) in [6.07, 6.45) is 1.67. The Morgan fingerprint density at radius 3 is 2.63 bits per heavy atom. The number of hydrogen-bond acceptors (Lipinski definition) is 4. The number of nitrogens with one attached hydrogen (secondary N) is 1. The molecule has 1 unspecified atom stereocenters. The predicted molar refractivity (Wildman–Crippen MR) is 77.7 cm³/mol. The molecule has 1 heterocycles. The van der Waals surface area contributed by atoms with Crippen LogP contribution in [0.15, 0.2) is 53.1 Å². The predicted octanol–water partition coefficient (Wildman–Crippen LogP) is 3.15. The van der Waals surface area contributed by atoms with E-state index in [1.807, 2.05) is 49.5 Å². The van der Waals surface area contributed by atoms with E-state index in [0.29, 0.717) is 5.75 Å². The van der Waals surface area contributed by atoms with E-state index >= 15 is 0 Å². The molecule has 0 aliphatic carbocycles. The minimum atomic E-state index is -0.654. The SMILES string of the molecule is CNC(C#N)(CSCc1ccco1)c1ccccc1. The molecule has 0 fully saturated rings. The van der Waals surface area contributed by atoms with E-state index < -0.39 is 5.54 Å². The number of nitrogens with zero attached hydrogens (tertiary/aromatic N) is 1. The highest BCUT2D eigenvalue weighted by molar-refractivity contribution is 7.98. The maximum absolute atomic E-state index is 9.54. The monoisotopic (exact) mass is 272 g/mol. The van der Waals surface area contributed by atoms with Crippen LogP contribution in [0.4, 0.5) is 0 Å². The van der Waals surface area contributed by atoms with Crippen LogP contribution in [0.3, 0.4) is 0 Å². The topological polar surface area (TPSA) is 49.0 Å². The van der Waals surface area contributed by atoms with Crippen LogP contribution in [0.2, 0.25) is 0 Å². The number of thioether (sulfide) groups is 1. The lowest BCUT2D eigenvalue weighted by atomic mass is 9.94. The summed E-state index contributed by atoms with van der Waals surface area (Å²) in [5.74, 6) is 2.37. The van der Waals surface area contributed by atoms with Gasteiger partial charge in [0.15, 0.2) is 0 Å². The molecule has 1 aromatic carbocycles. The minimum Gasteiger partial charge on any atom is -0.468 e. The Hall–Kier alpha value is -1.70. The molecular formula is C15H16N2OS. The van der Waals surface area contributed by atoms with Crippen LogP contribution in [-0.2, 0) is 11.3 Å². The number of rotatable bonds is 6. The molecule has 0 saturated heterocycles. The quantitative estimate of drug-likeness (QED) is 0.877. The molecule has 0 spiro atoms. The maximum atomic E-state index is 9.54. The van der Waals surface area contributed by atoms with Crippen LogP contribution in [-0.4, -0.2) is 12.8 Å². The van der Waals surface area contributed by atoms with E-state index in [4.69, 9.17) is 4.42 Å². The van der Waals surface area contributed by atoms with Gasteiger partial charge in [0.25, 0.3) is 0 Å². The number of benzene rings is 1. The highest BCUT2D eigenvalue weighted by atomic mass is 32.2. The Balaban J connectivity index is 2.06. The molecule has 1 atom stereocenters. The zero-order chi connectivity index (χ0) is 13.6. The van der Waals surface area contributed by atoms with Crippen molar-refractivity contribution in [2.75, 3.05) is 12.8 Å². The molecule has 0 aliphatic rings. The third-order valence-corrected chi connectivity index (χ3v) is 4.15. The Morgan fingerprint density at radius 2 is 2.05 bits per heavy atom. The van der Waals surface area contributed by atoms with Crippen molar-refractivity contribution in [2.45, 2.75) is 11.3 Å². The van der Waals surface area contributed by atoms with Gasteiger partial charge in [-0.05, 0) is 24.7 Å². The van der Waals surface area contributed by atoms with Crippen LogP contribution < -0.4 is 5.32 Å². The van der Waals surface area contributed by atoms with Gasteiger partial charge in [-0.3, -0.25) is 5.32 Å².